The Morgan fingerprint density at radius 2 is 1.75 bits per heavy atom. The Balaban J connectivity index is 1.85. The van der Waals surface area contributed by atoms with Crippen LogP contribution in [0.1, 0.15) is 32.8 Å². The average molecular weight is 379 g/mol. The lowest BCUT2D eigenvalue weighted by Gasteiger charge is -2.28. The summed E-state index contributed by atoms with van der Waals surface area (Å²) in [6.45, 7) is 5.35. The maximum absolute atomic E-state index is 13.0. The molecule has 0 bridgehead atoms. The van der Waals surface area contributed by atoms with Crippen molar-refractivity contribution in [3.05, 3.63) is 60.2 Å². The maximum atomic E-state index is 13.0. The summed E-state index contributed by atoms with van der Waals surface area (Å²) in [5, 5.41) is 9.13. The Kier molecular flexibility index (Phi) is 5.49. The topological polar surface area (TPSA) is 71.0 Å². The van der Waals surface area contributed by atoms with Gasteiger partial charge in [0.15, 0.2) is 5.78 Å². The first-order valence-corrected chi connectivity index (χ1v) is 9.21. The molecule has 1 aliphatic rings. The predicted octanol–water partition coefficient (Wildman–Crippen LogP) is 3.27. The average Bonchev–Trinajstić information content (AvgIpc) is 3.14. The number of hydrogen-bond acceptors (Lipinski definition) is 5. The lowest BCUT2D eigenvalue weighted by atomic mass is 9.92. The highest BCUT2D eigenvalue weighted by Crippen LogP contribution is 2.30. The van der Waals surface area contributed by atoms with Gasteiger partial charge in [0, 0.05) is 12.0 Å². The third kappa shape index (κ3) is 3.91. The predicted molar refractivity (Wildman–Crippen MR) is 110 cm³/mol. The van der Waals surface area contributed by atoms with E-state index in [0.29, 0.717) is 11.5 Å². The molecule has 3 rings (SSSR count). The number of Topliss-reactive ketones (excluding diaryl/α,β-unsaturated/α-hetero) is 1. The van der Waals surface area contributed by atoms with Crippen molar-refractivity contribution in [3.63, 3.8) is 0 Å². The zero-order valence-electron chi connectivity index (χ0n) is 16.6. The Morgan fingerprint density at radius 3 is 2.39 bits per heavy atom. The van der Waals surface area contributed by atoms with Gasteiger partial charge in [-0.15, -0.1) is 0 Å². The second-order valence-corrected chi connectivity index (χ2v) is 7.34. The molecule has 0 aliphatic carbocycles. The van der Waals surface area contributed by atoms with Gasteiger partial charge in [-0.3, -0.25) is 14.6 Å². The molecule has 0 spiro atoms. The van der Waals surface area contributed by atoms with Crippen LogP contribution in [0.15, 0.2) is 59.7 Å². The number of hydrazone groups is 1. The van der Waals surface area contributed by atoms with Crippen LogP contribution < -0.4 is 15.1 Å². The van der Waals surface area contributed by atoms with Crippen LogP contribution in [-0.4, -0.2) is 30.6 Å². The van der Waals surface area contributed by atoms with Gasteiger partial charge in [-0.2, -0.15) is 5.10 Å². The third-order valence-electron chi connectivity index (χ3n) is 4.87. The molecule has 2 aromatic rings. The van der Waals surface area contributed by atoms with Crippen molar-refractivity contribution in [2.45, 2.75) is 38.8 Å². The van der Waals surface area contributed by atoms with E-state index in [9.17, 15) is 9.59 Å². The fourth-order valence-corrected chi connectivity index (χ4v) is 3.37. The van der Waals surface area contributed by atoms with Gasteiger partial charge in [0.25, 0.3) is 5.91 Å². The number of nitrogens with one attached hydrogen (secondary N) is 1. The SMILES string of the molecule is COc1ccccc1C(C)(C)NC(=O)C1=NN(c2ccccc2)C(C(C)=O)C1. The second-order valence-electron chi connectivity index (χ2n) is 7.34. The molecule has 1 heterocycles. The highest BCUT2D eigenvalue weighted by atomic mass is 16.5. The molecule has 2 aromatic carbocycles. The van der Waals surface area contributed by atoms with Crippen molar-refractivity contribution in [3.8, 4) is 5.75 Å². The van der Waals surface area contributed by atoms with Gasteiger partial charge < -0.3 is 10.1 Å². The molecule has 1 N–H and O–H groups in total. The first-order chi connectivity index (χ1) is 13.3. The normalized spacial score (nSPS) is 16.5. The van der Waals surface area contributed by atoms with Crippen LogP contribution in [0.3, 0.4) is 0 Å². The molecule has 1 unspecified atom stereocenters. The lowest BCUT2D eigenvalue weighted by molar-refractivity contribution is -0.118. The summed E-state index contributed by atoms with van der Waals surface area (Å²) in [7, 11) is 1.60. The number of benzene rings is 2. The number of ether oxygens (including phenoxy) is 1. The Hall–Kier alpha value is -3.15. The van der Waals surface area contributed by atoms with E-state index in [1.165, 1.54) is 6.92 Å². The number of rotatable bonds is 6. The zero-order chi connectivity index (χ0) is 20.3. The summed E-state index contributed by atoms with van der Waals surface area (Å²) in [6.07, 6.45) is 0.276. The van der Waals surface area contributed by atoms with Crippen LogP contribution in [0.25, 0.3) is 0 Å². The van der Waals surface area contributed by atoms with Crippen molar-refractivity contribution in [1.82, 2.24) is 5.32 Å². The molecule has 0 saturated heterocycles. The van der Waals surface area contributed by atoms with E-state index in [2.05, 4.69) is 10.4 Å². The van der Waals surface area contributed by atoms with Crippen LogP contribution in [0.2, 0.25) is 0 Å². The molecule has 28 heavy (non-hydrogen) atoms. The van der Waals surface area contributed by atoms with Crippen LogP contribution in [0, 0.1) is 0 Å². The number of para-hydroxylation sites is 2. The quantitative estimate of drug-likeness (QED) is 0.836. The molecule has 6 nitrogen and oxygen atoms in total. The minimum absolute atomic E-state index is 0.0283. The summed E-state index contributed by atoms with van der Waals surface area (Å²) >= 11 is 0. The Bertz CT molecular complexity index is 906. The van der Waals surface area contributed by atoms with Crippen molar-refractivity contribution >= 4 is 23.1 Å². The minimum atomic E-state index is -0.669. The highest BCUT2D eigenvalue weighted by molar-refractivity contribution is 6.40. The molecule has 6 heteroatoms. The van der Waals surface area contributed by atoms with Gasteiger partial charge >= 0.3 is 0 Å². The van der Waals surface area contributed by atoms with E-state index in [1.807, 2.05) is 68.4 Å². The molecular formula is C22H25N3O3. The van der Waals surface area contributed by atoms with Gasteiger partial charge in [0.2, 0.25) is 0 Å². The van der Waals surface area contributed by atoms with E-state index in [0.717, 1.165) is 11.3 Å². The number of amides is 1. The van der Waals surface area contributed by atoms with Crippen LogP contribution in [0.5, 0.6) is 5.75 Å². The third-order valence-corrected chi connectivity index (χ3v) is 4.87. The Labute approximate surface area is 165 Å². The Morgan fingerprint density at radius 1 is 1.11 bits per heavy atom. The molecule has 0 fully saturated rings. The van der Waals surface area contributed by atoms with Crippen LogP contribution in [0.4, 0.5) is 5.69 Å². The number of anilines is 1. The summed E-state index contributed by atoms with van der Waals surface area (Å²) < 4.78 is 5.43. The summed E-state index contributed by atoms with van der Waals surface area (Å²) in [4.78, 5) is 25.1. The first kappa shape index (κ1) is 19.6. The van der Waals surface area contributed by atoms with Crippen molar-refractivity contribution < 1.29 is 14.3 Å². The van der Waals surface area contributed by atoms with Crippen molar-refractivity contribution in [1.29, 1.82) is 0 Å². The molecule has 0 aromatic heterocycles. The molecule has 0 radical (unpaired) electrons. The van der Waals surface area contributed by atoms with Gasteiger partial charge in [-0.05, 0) is 39.0 Å². The number of hydrogen-bond donors (Lipinski definition) is 1. The van der Waals surface area contributed by atoms with Crippen LogP contribution >= 0.6 is 0 Å². The largest absolute Gasteiger partial charge is 0.496 e. The summed E-state index contributed by atoms with van der Waals surface area (Å²) in [6, 6.07) is 16.5. The molecule has 1 atom stereocenters. The molecule has 1 aliphatic heterocycles. The maximum Gasteiger partial charge on any atom is 0.268 e. The number of nitrogens with zero attached hydrogens (tertiary/aromatic N) is 2. The first-order valence-electron chi connectivity index (χ1n) is 9.21. The molecule has 0 saturated carbocycles. The number of carbonyl (C=O) groups excluding carboxylic acids is 2. The van der Waals surface area contributed by atoms with Gasteiger partial charge in [-0.25, -0.2) is 0 Å². The van der Waals surface area contributed by atoms with E-state index < -0.39 is 11.6 Å². The zero-order valence-corrected chi connectivity index (χ0v) is 16.6. The number of methoxy groups -OCH3 is 1. The second kappa shape index (κ2) is 7.84. The smallest absolute Gasteiger partial charge is 0.268 e. The minimum Gasteiger partial charge on any atom is -0.496 e. The van der Waals surface area contributed by atoms with Crippen molar-refractivity contribution in [2.24, 2.45) is 5.10 Å². The van der Waals surface area contributed by atoms with Crippen LogP contribution in [-0.2, 0) is 15.1 Å². The van der Waals surface area contributed by atoms with Crippen molar-refractivity contribution in [2.75, 3.05) is 12.1 Å². The standard InChI is InChI=1S/C22H25N3O3/c1-15(26)19-14-18(24-25(19)16-10-6-5-7-11-16)21(27)23-22(2,3)17-12-8-9-13-20(17)28-4/h5-13,19H,14H2,1-4H3,(H,23,27). The lowest BCUT2D eigenvalue weighted by Crippen LogP contribution is -2.44. The fraction of sp³-hybridized carbons (Fsp3) is 0.318. The fourth-order valence-electron chi connectivity index (χ4n) is 3.37. The summed E-state index contributed by atoms with van der Waals surface area (Å²) in [5.74, 6) is 0.383. The van der Waals surface area contributed by atoms with E-state index in [-0.39, 0.29) is 18.1 Å². The monoisotopic (exact) mass is 379 g/mol. The molecule has 1 amide bonds. The van der Waals surface area contributed by atoms with E-state index in [1.54, 1.807) is 12.1 Å². The van der Waals surface area contributed by atoms with E-state index in [4.69, 9.17) is 4.74 Å². The highest BCUT2D eigenvalue weighted by Gasteiger charge is 2.36. The van der Waals surface area contributed by atoms with Gasteiger partial charge in [0.1, 0.15) is 17.5 Å². The molecular weight excluding hydrogens is 354 g/mol. The van der Waals surface area contributed by atoms with Gasteiger partial charge in [-0.1, -0.05) is 36.4 Å². The number of ketones is 1. The number of carbonyl (C=O) groups is 2. The summed E-state index contributed by atoms with van der Waals surface area (Å²) in [5.41, 5.74) is 1.33. The molecule has 146 valence electrons. The van der Waals surface area contributed by atoms with Gasteiger partial charge in [0.05, 0.1) is 18.3 Å². The van der Waals surface area contributed by atoms with E-state index >= 15 is 0 Å².